The van der Waals surface area contributed by atoms with Gasteiger partial charge >= 0.3 is 0 Å². The van der Waals surface area contributed by atoms with E-state index in [2.05, 4.69) is 45.9 Å². The van der Waals surface area contributed by atoms with Gasteiger partial charge in [-0.2, -0.15) is 0 Å². The van der Waals surface area contributed by atoms with Gasteiger partial charge in [-0.25, -0.2) is 0 Å². The lowest BCUT2D eigenvalue weighted by molar-refractivity contribution is 0.545. The van der Waals surface area contributed by atoms with Crippen molar-refractivity contribution in [3.05, 3.63) is 23.8 Å². The maximum Gasteiger partial charge on any atom is -0.0325 e. The van der Waals surface area contributed by atoms with Gasteiger partial charge in [0.1, 0.15) is 0 Å². The van der Waals surface area contributed by atoms with Gasteiger partial charge in [0, 0.05) is 0 Å². The van der Waals surface area contributed by atoms with E-state index in [0.29, 0.717) is 0 Å². The lowest BCUT2D eigenvalue weighted by Gasteiger charge is -2.06. The highest BCUT2D eigenvalue weighted by Gasteiger charge is 1.97. The first kappa shape index (κ1) is 15.5. The van der Waals surface area contributed by atoms with Crippen molar-refractivity contribution >= 4 is 0 Å². The Kier molecular flexibility index (Phi) is 10.6. The Labute approximate surface area is 103 Å². The summed E-state index contributed by atoms with van der Waals surface area (Å²) in [5, 5.41) is 0. The topological polar surface area (TPSA) is 0 Å². The van der Waals surface area contributed by atoms with Crippen LogP contribution in [0.5, 0.6) is 0 Å². The zero-order valence-electron chi connectivity index (χ0n) is 11.8. The second-order valence-electron chi connectivity index (χ2n) is 5.17. The molecule has 0 spiro atoms. The zero-order valence-corrected chi connectivity index (χ0v) is 11.8. The Morgan fingerprint density at radius 3 is 2.44 bits per heavy atom. The zero-order chi connectivity index (χ0) is 12.2. The monoisotopic (exact) mass is 222 g/mol. The molecule has 0 bridgehead atoms. The third kappa shape index (κ3) is 11.6. The standard InChI is InChI=1S/C16H30/c1-5-6-7-8-9-10-13-16(4)14-11-12-15(2)3/h9-10,12,16H,5-8,11,13-14H2,1-4H3/b10-9+. The number of unbranched alkanes of at least 4 members (excludes halogenated alkanes) is 3. The average molecular weight is 222 g/mol. The summed E-state index contributed by atoms with van der Waals surface area (Å²) >= 11 is 0. The Bertz CT molecular complexity index is 194. The second kappa shape index (κ2) is 11.0. The summed E-state index contributed by atoms with van der Waals surface area (Å²) in [6, 6.07) is 0. The molecule has 0 radical (unpaired) electrons. The molecule has 0 aromatic carbocycles. The Morgan fingerprint density at radius 1 is 1.06 bits per heavy atom. The number of hydrogen-bond donors (Lipinski definition) is 0. The van der Waals surface area contributed by atoms with Gasteiger partial charge in [-0.1, -0.05) is 50.5 Å². The quantitative estimate of drug-likeness (QED) is 0.337. The van der Waals surface area contributed by atoms with Crippen LogP contribution in [0.25, 0.3) is 0 Å². The minimum Gasteiger partial charge on any atom is -0.0885 e. The van der Waals surface area contributed by atoms with Crippen LogP contribution in [0.3, 0.4) is 0 Å². The van der Waals surface area contributed by atoms with Crippen LogP contribution in [0.15, 0.2) is 23.8 Å². The van der Waals surface area contributed by atoms with E-state index in [1.54, 1.807) is 0 Å². The maximum atomic E-state index is 2.38. The molecule has 0 aliphatic rings. The summed E-state index contributed by atoms with van der Waals surface area (Å²) in [6.45, 7) is 8.97. The summed E-state index contributed by atoms with van der Waals surface area (Å²) in [7, 11) is 0. The molecular weight excluding hydrogens is 192 g/mol. The van der Waals surface area contributed by atoms with Crippen LogP contribution >= 0.6 is 0 Å². The molecule has 0 saturated heterocycles. The van der Waals surface area contributed by atoms with E-state index in [9.17, 15) is 0 Å². The van der Waals surface area contributed by atoms with Gasteiger partial charge in [0.25, 0.3) is 0 Å². The molecule has 0 aromatic rings. The fourth-order valence-corrected chi connectivity index (χ4v) is 1.73. The predicted molar refractivity (Wildman–Crippen MR) is 75.7 cm³/mol. The van der Waals surface area contributed by atoms with Gasteiger partial charge in [-0.05, 0) is 51.9 Å². The highest BCUT2D eigenvalue weighted by atomic mass is 14.0. The summed E-state index contributed by atoms with van der Waals surface area (Å²) in [5.41, 5.74) is 1.45. The largest absolute Gasteiger partial charge is 0.0885 e. The van der Waals surface area contributed by atoms with Crippen molar-refractivity contribution in [3.63, 3.8) is 0 Å². The van der Waals surface area contributed by atoms with Crippen molar-refractivity contribution in [2.75, 3.05) is 0 Å². The van der Waals surface area contributed by atoms with E-state index < -0.39 is 0 Å². The van der Waals surface area contributed by atoms with E-state index in [4.69, 9.17) is 0 Å². The summed E-state index contributed by atoms with van der Waals surface area (Å²) in [5.74, 6) is 0.832. The van der Waals surface area contributed by atoms with Crippen LogP contribution in [0, 0.1) is 5.92 Å². The molecule has 0 rings (SSSR count). The van der Waals surface area contributed by atoms with Crippen molar-refractivity contribution in [1.82, 2.24) is 0 Å². The third-order valence-corrected chi connectivity index (χ3v) is 2.89. The van der Waals surface area contributed by atoms with Crippen LogP contribution < -0.4 is 0 Å². The van der Waals surface area contributed by atoms with Crippen molar-refractivity contribution in [3.8, 4) is 0 Å². The molecule has 0 amide bonds. The molecule has 0 aliphatic heterocycles. The highest BCUT2D eigenvalue weighted by molar-refractivity contribution is 4.93. The second-order valence-corrected chi connectivity index (χ2v) is 5.17. The van der Waals surface area contributed by atoms with Crippen LogP contribution in [0.4, 0.5) is 0 Å². The first-order valence-electron chi connectivity index (χ1n) is 6.95. The third-order valence-electron chi connectivity index (χ3n) is 2.89. The summed E-state index contributed by atoms with van der Waals surface area (Å²) < 4.78 is 0. The molecule has 94 valence electrons. The summed E-state index contributed by atoms with van der Waals surface area (Å²) in [6.07, 6.45) is 16.2. The fraction of sp³-hybridized carbons (Fsp3) is 0.750. The normalized spacial score (nSPS) is 13.0. The van der Waals surface area contributed by atoms with Gasteiger partial charge in [0.2, 0.25) is 0 Å². The Morgan fingerprint density at radius 2 is 1.81 bits per heavy atom. The molecule has 0 nitrogen and oxygen atoms in total. The van der Waals surface area contributed by atoms with Gasteiger partial charge < -0.3 is 0 Å². The molecule has 0 N–H and O–H groups in total. The molecular formula is C16H30. The van der Waals surface area contributed by atoms with Crippen molar-refractivity contribution in [1.29, 1.82) is 0 Å². The predicted octanol–water partition coefficient (Wildman–Crippen LogP) is 5.90. The van der Waals surface area contributed by atoms with Gasteiger partial charge in [-0.15, -0.1) is 0 Å². The molecule has 0 heteroatoms. The summed E-state index contributed by atoms with van der Waals surface area (Å²) in [4.78, 5) is 0. The number of rotatable bonds is 9. The van der Waals surface area contributed by atoms with Crippen LogP contribution in [0.1, 0.15) is 72.6 Å². The lowest BCUT2D eigenvalue weighted by atomic mass is 10.0. The lowest BCUT2D eigenvalue weighted by Crippen LogP contribution is -1.91. The van der Waals surface area contributed by atoms with E-state index in [1.165, 1.54) is 50.5 Å². The number of hydrogen-bond acceptors (Lipinski definition) is 0. The van der Waals surface area contributed by atoms with Crippen LogP contribution in [-0.2, 0) is 0 Å². The minimum atomic E-state index is 0.832. The molecule has 0 fully saturated rings. The Hall–Kier alpha value is -0.520. The molecule has 0 heterocycles. The van der Waals surface area contributed by atoms with E-state index in [1.807, 2.05) is 0 Å². The van der Waals surface area contributed by atoms with E-state index >= 15 is 0 Å². The van der Waals surface area contributed by atoms with Gasteiger partial charge in [0.05, 0.1) is 0 Å². The van der Waals surface area contributed by atoms with Gasteiger partial charge in [-0.3, -0.25) is 0 Å². The Balaban J connectivity index is 3.42. The first-order valence-corrected chi connectivity index (χ1v) is 6.95. The van der Waals surface area contributed by atoms with Crippen LogP contribution in [0.2, 0.25) is 0 Å². The van der Waals surface area contributed by atoms with Crippen LogP contribution in [-0.4, -0.2) is 0 Å². The fourth-order valence-electron chi connectivity index (χ4n) is 1.73. The van der Waals surface area contributed by atoms with Crippen molar-refractivity contribution in [2.24, 2.45) is 5.92 Å². The van der Waals surface area contributed by atoms with E-state index in [-0.39, 0.29) is 0 Å². The van der Waals surface area contributed by atoms with E-state index in [0.717, 1.165) is 5.92 Å². The van der Waals surface area contributed by atoms with Gasteiger partial charge in [0.15, 0.2) is 0 Å². The first-order chi connectivity index (χ1) is 7.66. The molecule has 0 aliphatic carbocycles. The van der Waals surface area contributed by atoms with Crippen molar-refractivity contribution in [2.45, 2.75) is 72.6 Å². The highest BCUT2D eigenvalue weighted by Crippen LogP contribution is 2.12. The molecule has 1 unspecified atom stereocenters. The number of allylic oxidation sites excluding steroid dienone is 4. The maximum absolute atomic E-state index is 2.38. The molecule has 0 aromatic heterocycles. The molecule has 0 saturated carbocycles. The molecule has 1 atom stereocenters. The minimum absolute atomic E-state index is 0.832. The van der Waals surface area contributed by atoms with Crippen molar-refractivity contribution < 1.29 is 0 Å². The SMILES string of the molecule is CCCCC/C=C/CC(C)CCC=C(C)C. The molecule has 16 heavy (non-hydrogen) atoms. The smallest absolute Gasteiger partial charge is 0.0325 e. The average Bonchev–Trinajstić information content (AvgIpc) is 2.22.